The molecule has 4 heteroatoms. The molecule has 2 unspecified atom stereocenters. The topological polar surface area (TPSA) is 75.4 Å². The molecule has 4 nitrogen and oxygen atoms in total. The lowest BCUT2D eigenvalue weighted by molar-refractivity contribution is -0.117. The molecule has 0 saturated heterocycles. The molecule has 0 spiro atoms. The van der Waals surface area contributed by atoms with Crippen LogP contribution in [0.25, 0.3) is 0 Å². The van der Waals surface area contributed by atoms with Gasteiger partial charge in [-0.3, -0.25) is 4.79 Å². The first-order valence-corrected chi connectivity index (χ1v) is 5.89. The second kappa shape index (κ2) is 6.37. The number of carbonyl (C=O) groups excluding carboxylic acids is 1. The lowest BCUT2D eigenvalue weighted by atomic mass is 10.1. The van der Waals surface area contributed by atoms with Crippen LogP contribution in [0.2, 0.25) is 0 Å². The Balaban J connectivity index is 2.77. The highest BCUT2D eigenvalue weighted by Gasteiger charge is 2.15. The smallest absolute Gasteiger partial charge is 0.241 e. The minimum Gasteiger partial charge on any atom is -0.389 e. The highest BCUT2D eigenvalue weighted by Crippen LogP contribution is 2.22. The second-order valence-corrected chi connectivity index (χ2v) is 4.15. The van der Waals surface area contributed by atoms with Crippen molar-refractivity contribution in [1.82, 2.24) is 0 Å². The number of nitrogens with one attached hydrogen (secondary N) is 1. The number of aliphatic hydroxyl groups is 1. The van der Waals surface area contributed by atoms with Crippen LogP contribution in [0.4, 0.5) is 5.69 Å². The van der Waals surface area contributed by atoms with E-state index in [1.807, 2.05) is 19.1 Å². The Hall–Kier alpha value is -1.39. The van der Waals surface area contributed by atoms with Crippen molar-refractivity contribution >= 4 is 11.6 Å². The first-order valence-electron chi connectivity index (χ1n) is 5.89. The standard InChI is InChI=1S/C13H20N2O2/c1-3-6-11(14)13(17)15-12-8-5-4-7-10(12)9(2)16/h4-5,7-9,11,16H,3,6,14H2,1-2H3,(H,15,17). The van der Waals surface area contributed by atoms with Crippen LogP contribution in [0.3, 0.4) is 0 Å². The van der Waals surface area contributed by atoms with E-state index >= 15 is 0 Å². The number of aliphatic hydroxyl groups excluding tert-OH is 1. The van der Waals surface area contributed by atoms with Gasteiger partial charge in [-0.1, -0.05) is 31.5 Å². The van der Waals surface area contributed by atoms with Gasteiger partial charge in [-0.25, -0.2) is 0 Å². The molecule has 4 N–H and O–H groups in total. The van der Waals surface area contributed by atoms with Crippen LogP contribution >= 0.6 is 0 Å². The van der Waals surface area contributed by atoms with Crippen molar-refractivity contribution in [2.45, 2.75) is 38.8 Å². The largest absolute Gasteiger partial charge is 0.389 e. The van der Waals surface area contributed by atoms with E-state index in [4.69, 9.17) is 5.73 Å². The molecule has 1 amide bonds. The maximum Gasteiger partial charge on any atom is 0.241 e. The van der Waals surface area contributed by atoms with Crippen molar-refractivity contribution < 1.29 is 9.90 Å². The van der Waals surface area contributed by atoms with E-state index in [1.165, 1.54) is 0 Å². The fourth-order valence-electron chi connectivity index (χ4n) is 1.64. The van der Waals surface area contributed by atoms with Crippen LogP contribution in [0.15, 0.2) is 24.3 Å². The monoisotopic (exact) mass is 236 g/mol. The summed E-state index contributed by atoms with van der Waals surface area (Å²) in [5, 5.41) is 12.3. The maximum atomic E-state index is 11.8. The first kappa shape index (κ1) is 13.7. The van der Waals surface area contributed by atoms with E-state index < -0.39 is 12.1 Å². The van der Waals surface area contributed by atoms with Crippen molar-refractivity contribution in [2.75, 3.05) is 5.32 Å². The third-order valence-electron chi connectivity index (χ3n) is 2.61. The molecule has 0 radical (unpaired) electrons. The van der Waals surface area contributed by atoms with Crippen molar-refractivity contribution in [2.24, 2.45) is 5.73 Å². The Bertz CT molecular complexity index is 377. The molecular formula is C13H20N2O2. The maximum absolute atomic E-state index is 11.8. The van der Waals surface area contributed by atoms with Crippen LogP contribution in [-0.2, 0) is 4.79 Å². The number of amides is 1. The van der Waals surface area contributed by atoms with Gasteiger partial charge in [-0.15, -0.1) is 0 Å². The van der Waals surface area contributed by atoms with Gasteiger partial charge in [0.1, 0.15) is 0 Å². The van der Waals surface area contributed by atoms with Gasteiger partial charge in [0.2, 0.25) is 5.91 Å². The molecule has 0 heterocycles. The van der Waals surface area contributed by atoms with E-state index in [-0.39, 0.29) is 5.91 Å². The SMILES string of the molecule is CCCC(N)C(=O)Nc1ccccc1C(C)O. The number of benzene rings is 1. The summed E-state index contributed by atoms with van der Waals surface area (Å²) in [6, 6.07) is 6.68. The molecule has 17 heavy (non-hydrogen) atoms. The number of hydrogen-bond donors (Lipinski definition) is 3. The van der Waals surface area contributed by atoms with Crippen LogP contribution < -0.4 is 11.1 Å². The Morgan fingerprint density at radius 2 is 2.12 bits per heavy atom. The van der Waals surface area contributed by atoms with Gasteiger partial charge in [-0.2, -0.15) is 0 Å². The molecule has 94 valence electrons. The van der Waals surface area contributed by atoms with E-state index in [1.54, 1.807) is 19.1 Å². The van der Waals surface area contributed by atoms with Gasteiger partial charge in [0.05, 0.1) is 12.1 Å². The van der Waals surface area contributed by atoms with Crippen LogP contribution in [-0.4, -0.2) is 17.1 Å². The van der Waals surface area contributed by atoms with Crippen LogP contribution in [0.5, 0.6) is 0 Å². The van der Waals surface area contributed by atoms with Crippen molar-refractivity contribution in [3.8, 4) is 0 Å². The highest BCUT2D eigenvalue weighted by atomic mass is 16.3. The van der Waals surface area contributed by atoms with Gasteiger partial charge in [0, 0.05) is 11.3 Å². The Labute approximate surface area is 102 Å². The zero-order valence-corrected chi connectivity index (χ0v) is 10.3. The zero-order valence-electron chi connectivity index (χ0n) is 10.3. The lowest BCUT2D eigenvalue weighted by Crippen LogP contribution is -2.35. The van der Waals surface area contributed by atoms with E-state index in [0.717, 1.165) is 6.42 Å². The number of carbonyl (C=O) groups is 1. The zero-order chi connectivity index (χ0) is 12.8. The molecule has 0 aliphatic rings. The van der Waals surface area contributed by atoms with E-state index in [0.29, 0.717) is 17.7 Å². The lowest BCUT2D eigenvalue weighted by Gasteiger charge is -2.15. The summed E-state index contributed by atoms with van der Waals surface area (Å²) in [7, 11) is 0. The molecule has 0 aliphatic carbocycles. The minimum absolute atomic E-state index is 0.208. The van der Waals surface area contributed by atoms with E-state index in [9.17, 15) is 9.90 Å². The summed E-state index contributed by atoms with van der Waals surface area (Å²) in [6.45, 7) is 3.65. The minimum atomic E-state index is -0.617. The average Bonchev–Trinajstić information content (AvgIpc) is 2.29. The van der Waals surface area contributed by atoms with Crippen LogP contribution in [0, 0.1) is 0 Å². The normalized spacial score (nSPS) is 14.1. The van der Waals surface area contributed by atoms with Gasteiger partial charge < -0.3 is 16.2 Å². The second-order valence-electron chi connectivity index (χ2n) is 4.15. The quantitative estimate of drug-likeness (QED) is 0.729. The molecule has 1 rings (SSSR count). The van der Waals surface area contributed by atoms with Gasteiger partial charge >= 0.3 is 0 Å². The molecule has 2 atom stereocenters. The van der Waals surface area contributed by atoms with Crippen LogP contribution in [0.1, 0.15) is 38.4 Å². The van der Waals surface area contributed by atoms with E-state index in [2.05, 4.69) is 5.32 Å². The molecule has 0 aliphatic heterocycles. The summed E-state index contributed by atoms with van der Waals surface area (Å²) in [4.78, 5) is 11.8. The molecule has 0 fully saturated rings. The van der Waals surface area contributed by atoms with Crippen molar-refractivity contribution in [1.29, 1.82) is 0 Å². The Kier molecular flexibility index (Phi) is 5.12. The summed E-state index contributed by atoms with van der Waals surface area (Å²) < 4.78 is 0. The predicted octanol–water partition coefficient (Wildman–Crippen LogP) is 1.81. The number of hydrogen-bond acceptors (Lipinski definition) is 3. The molecule has 0 bridgehead atoms. The van der Waals surface area contributed by atoms with Crippen molar-refractivity contribution in [3.63, 3.8) is 0 Å². The summed E-state index contributed by atoms with van der Waals surface area (Å²) in [5.41, 5.74) is 7.05. The van der Waals surface area contributed by atoms with Gasteiger partial charge in [0.15, 0.2) is 0 Å². The number of para-hydroxylation sites is 1. The fraction of sp³-hybridized carbons (Fsp3) is 0.462. The molecule has 0 saturated carbocycles. The molecule has 1 aromatic rings. The summed E-state index contributed by atoms with van der Waals surface area (Å²) in [6.07, 6.45) is 0.906. The van der Waals surface area contributed by atoms with Gasteiger partial charge in [-0.05, 0) is 19.4 Å². The Morgan fingerprint density at radius 1 is 1.47 bits per heavy atom. The third kappa shape index (κ3) is 3.84. The summed E-state index contributed by atoms with van der Waals surface area (Å²) >= 11 is 0. The number of nitrogens with two attached hydrogens (primary N) is 1. The van der Waals surface area contributed by atoms with Gasteiger partial charge in [0.25, 0.3) is 0 Å². The summed E-state index contributed by atoms with van der Waals surface area (Å²) in [5.74, 6) is -0.208. The third-order valence-corrected chi connectivity index (χ3v) is 2.61. The fourth-order valence-corrected chi connectivity index (χ4v) is 1.64. The Morgan fingerprint density at radius 3 is 2.71 bits per heavy atom. The first-order chi connectivity index (χ1) is 8.06. The average molecular weight is 236 g/mol. The molecule has 0 aromatic heterocycles. The number of rotatable bonds is 5. The highest BCUT2D eigenvalue weighted by molar-refractivity contribution is 5.95. The molecule has 1 aromatic carbocycles. The van der Waals surface area contributed by atoms with Crippen molar-refractivity contribution in [3.05, 3.63) is 29.8 Å². The number of anilines is 1. The predicted molar refractivity (Wildman–Crippen MR) is 68.6 cm³/mol. The molecular weight excluding hydrogens is 216 g/mol.